The monoisotopic (exact) mass is 191 g/mol. The van der Waals surface area contributed by atoms with E-state index >= 15 is 0 Å². The maximum absolute atomic E-state index is 3.49. The van der Waals surface area contributed by atoms with E-state index in [2.05, 4.69) is 24.5 Å². The number of nitrogens with one attached hydrogen (secondary N) is 1. The maximum Gasteiger partial charge on any atom is 0.0473 e. The molecular weight excluding hydrogens is 170 g/mol. The molecule has 0 amide bonds. The standard InChI is InChI=1S/C13H21N/c1-2-3-6-11-9-10-14-13-8-5-4-7-12(11)13/h9-10,13-14H,2-8H2,1H3. The van der Waals surface area contributed by atoms with E-state index < -0.39 is 0 Å². The van der Waals surface area contributed by atoms with E-state index in [1.807, 2.05) is 0 Å². The molecule has 1 saturated carbocycles. The third kappa shape index (κ3) is 2.02. The normalized spacial score (nSPS) is 25.9. The summed E-state index contributed by atoms with van der Waals surface area (Å²) in [5.74, 6) is 0. The second kappa shape index (κ2) is 4.68. The highest BCUT2D eigenvalue weighted by atomic mass is 14.9. The Kier molecular flexibility index (Phi) is 3.28. The molecule has 0 bridgehead atoms. The average molecular weight is 191 g/mol. The van der Waals surface area contributed by atoms with Crippen LogP contribution in [0.3, 0.4) is 0 Å². The van der Waals surface area contributed by atoms with Crippen molar-refractivity contribution in [1.29, 1.82) is 0 Å². The maximum atomic E-state index is 3.49. The average Bonchev–Trinajstić information content (AvgIpc) is 2.26. The van der Waals surface area contributed by atoms with Crippen LogP contribution in [0.2, 0.25) is 0 Å². The van der Waals surface area contributed by atoms with Gasteiger partial charge in [-0.2, -0.15) is 0 Å². The largest absolute Gasteiger partial charge is 0.384 e. The van der Waals surface area contributed by atoms with Crippen molar-refractivity contribution in [2.24, 2.45) is 0 Å². The van der Waals surface area contributed by atoms with Gasteiger partial charge in [-0.1, -0.05) is 19.8 Å². The van der Waals surface area contributed by atoms with Gasteiger partial charge in [-0.25, -0.2) is 0 Å². The van der Waals surface area contributed by atoms with Crippen molar-refractivity contribution in [2.75, 3.05) is 0 Å². The molecule has 1 N–H and O–H groups in total. The molecular formula is C13H21N. The summed E-state index contributed by atoms with van der Waals surface area (Å²) in [5.41, 5.74) is 3.35. The number of dihydropyridines is 1. The predicted octanol–water partition coefficient (Wildman–Crippen LogP) is 3.53. The number of unbranched alkanes of at least 4 members (excludes halogenated alkanes) is 1. The summed E-state index contributed by atoms with van der Waals surface area (Å²) >= 11 is 0. The predicted molar refractivity (Wildman–Crippen MR) is 61.1 cm³/mol. The van der Waals surface area contributed by atoms with Crippen molar-refractivity contribution in [1.82, 2.24) is 5.32 Å². The Morgan fingerprint density at radius 1 is 1.43 bits per heavy atom. The summed E-state index contributed by atoms with van der Waals surface area (Å²) in [6.07, 6.45) is 13.9. The Bertz CT molecular complexity index is 250. The first-order valence-electron chi connectivity index (χ1n) is 6.06. The molecule has 2 rings (SSSR count). The molecule has 1 fully saturated rings. The molecule has 1 aliphatic heterocycles. The minimum absolute atomic E-state index is 0.681. The van der Waals surface area contributed by atoms with Gasteiger partial charge in [0.1, 0.15) is 0 Å². The fraction of sp³-hybridized carbons (Fsp3) is 0.692. The first-order valence-corrected chi connectivity index (χ1v) is 6.06. The van der Waals surface area contributed by atoms with Crippen LogP contribution in [-0.4, -0.2) is 6.04 Å². The molecule has 14 heavy (non-hydrogen) atoms. The Labute approximate surface area is 87.3 Å². The summed E-state index contributed by atoms with van der Waals surface area (Å²) in [4.78, 5) is 0. The third-order valence-electron chi connectivity index (χ3n) is 3.40. The number of allylic oxidation sites excluding steroid dienone is 2. The summed E-state index contributed by atoms with van der Waals surface area (Å²) in [6, 6.07) is 0.681. The molecule has 78 valence electrons. The van der Waals surface area contributed by atoms with E-state index in [-0.39, 0.29) is 0 Å². The van der Waals surface area contributed by atoms with Gasteiger partial charge in [-0.05, 0) is 55.5 Å². The molecule has 0 aromatic carbocycles. The molecule has 1 atom stereocenters. The first kappa shape index (κ1) is 9.82. The summed E-state index contributed by atoms with van der Waals surface area (Å²) < 4.78 is 0. The van der Waals surface area contributed by atoms with Gasteiger partial charge in [-0.3, -0.25) is 0 Å². The van der Waals surface area contributed by atoms with Gasteiger partial charge in [-0.15, -0.1) is 0 Å². The zero-order chi connectivity index (χ0) is 9.80. The van der Waals surface area contributed by atoms with Crippen molar-refractivity contribution in [3.05, 3.63) is 23.4 Å². The fourth-order valence-electron chi connectivity index (χ4n) is 2.56. The van der Waals surface area contributed by atoms with Crippen LogP contribution in [0.1, 0.15) is 51.9 Å². The van der Waals surface area contributed by atoms with Crippen LogP contribution >= 0.6 is 0 Å². The highest BCUT2D eigenvalue weighted by Gasteiger charge is 2.21. The summed E-state index contributed by atoms with van der Waals surface area (Å²) in [6.45, 7) is 2.27. The Hall–Kier alpha value is -0.720. The summed E-state index contributed by atoms with van der Waals surface area (Å²) in [7, 11) is 0. The lowest BCUT2D eigenvalue weighted by atomic mass is 9.84. The van der Waals surface area contributed by atoms with Crippen LogP contribution in [0.5, 0.6) is 0 Å². The fourth-order valence-corrected chi connectivity index (χ4v) is 2.56. The van der Waals surface area contributed by atoms with E-state index in [1.165, 1.54) is 44.9 Å². The lowest BCUT2D eigenvalue weighted by Gasteiger charge is -2.31. The molecule has 1 nitrogen and oxygen atoms in total. The molecule has 1 unspecified atom stereocenters. The number of hydrogen-bond donors (Lipinski definition) is 1. The van der Waals surface area contributed by atoms with Gasteiger partial charge in [0.25, 0.3) is 0 Å². The van der Waals surface area contributed by atoms with Gasteiger partial charge in [0, 0.05) is 6.04 Å². The molecule has 1 aliphatic carbocycles. The second-order valence-electron chi connectivity index (χ2n) is 4.45. The van der Waals surface area contributed by atoms with Gasteiger partial charge in [0.15, 0.2) is 0 Å². The molecule has 0 saturated heterocycles. The van der Waals surface area contributed by atoms with E-state index in [9.17, 15) is 0 Å². The van der Waals surface area contributed by atoms with Crippen molar-refractivity contribution < 1.29 is 0 Å². The van der Waals surface area contributed by atoms with Gasteiger partial charge >= 0.3 is 0 Å². The quantitative estimate of drug-likeness (QED) is 0.719. The van der Waals surface area contributed by atoms with E-state index in [4.69, 9.17) is 0 Å². The van der Waals surface area contributed by atoms with Crippen LogP contribution in [0.15, 0.2) is 23.4 Å². The van der Waals surface area contributed by atoms with Crippen LogP contribution in [0.25, 0.3) is 0 Å². The lowest BCUT2D eigenvalue weighted by Crippen LogP contribution is -2.32. The zero-order valence-corrected chi connectivity index (χ0v) is 9.18. The topological polar surface area (TPSA) is 12.0 Å². The van der Waals surface area contributed by atoms with Crippen molar-refractivity contribution in [3.8, 4) is 0 Å². The minimum atomic E-state index is 0.681. The van der Waals surface area contributed by atoms with Crippen molar-refractivity contribution in [2.45, 2.75) is 57.9 Å². The summed E-state index contributed by atoms with van der Waals surface area (Å²) in [5, 5.41) is 3.49. The molecule has 1 heterocycles. The Balaban J connectivity index is 2.08. The highest BCUT2D eigenvalue weighted by molar-refractivity contribution is 5.33. The smallest absolute Gasteiger partial charge is 0.0473 e. The number of rotatable bonds is 3. The van der Waals surface area contributed by atoms with E-state index in [1.54, 1.807) is 11.1 Å². The van der Waals surface area contributed by atoms with E-state index in [0.717, 1.165) is 0 Å². The Morgan fingerprint density at radius 2 is 2.36 bits per heavy atom. The molecule has 0 aromatic rings. The van der Waals surface area contributed by atoms with Gasteiger partial charge < -0.3 is 5.32 Å². The van der Waals surface area contributed by atoms with E-state index in [0.29, 0.717) is 6.04 Å². The Morgan fingerprint density at radius 3 is 3.21 bits per heavy atom. The van der Waals surface area contributed by atoms with Crippen LogP contribution in [-0.2, 0) is 0 Å². The van der Waals surface area contributed by atoms with Crippen LogP contribution in [0, 0.1) is 0 Å². The lowest BCUT2D eigenvalue weighted by molar-refractivity contribution is 0.482. The van der Waals surface area contributed by atoms with Crippen LogP contribution < -0.4 is 5.32 Å². The molecule has 0 spiro atoms. The zero-order valence-electron chi connectivity index (χ0n) is 9.18. The molecule has 2 aliphatic rings. The number of hydrogen-bond acceptors (Lipinski definition) is 1. The van der Waals surface area contributed by atoms with Crippen molar-refractivity contribution in [3.63, 3.8) is 0 Å². The third-order valence-corrected chi connectivity index (χ3v) is 3.40. The highest BCUT2D eigenvalue weighted by Crippen LogP contribution is 2.31. The second-order valence-corrected chi connectivity index (χ2v) is 4.45. The van der Waals surface area contributed by atoms with Crippen LogP contribution in [0.4, 0.5) is 0 Å². The first-order chi connectivity index (χ1) is 6.92. The van der Waals surface area contributed by atoms with Gasteiger partial charge in [0.2, 0.25) is 0 Å². The SMILES string of the molecule is CCCCC1=C2CCCCC2NC=C1. The van der Waals surface area contributed by atoms with Crippen molar-refractivity contribution >= 4 is 0 Å². The molecule has 1 heteroatoms. The molecule has 0 aromatic heterocycles. The number of fused-ring (bicyclic) bond motifs is 1. The minimum Gasteiger partial charge on any atom is -0.384 e. The molecule has 0 radical (unpaired) electrons. The van der Waals surface area contributed by atoms with Gasteiger partial charge in [0.05, 0.1) is 0 Å².